The van der Waals surface area contributed by atoms with Crippen LogP contribution in [0.5, 0.6) is 0 Å². The van der Waals surface area contributed by atoms with Gasteiger partial charge in [0.25, 0.3) is 0 Å². The lowest BCUT2D eigenvalue weighted by molar-refractivity contribution is -0.136. The number of aromatic amines is 1. The Morgan fingerprint density at radius 1 is 1.15 bits per heavy atom. The van der Waals surface area contributed by atoms with Gasteiger partial charge in [-0.05, 0) is 50.5 Å². The number of nitrogens with one attached hydrogen (secondary N) is 1. The molecule has 0 aliphatic rings. The average molecular weight is 272 g/mol. The van der Waals surface area contributed by atoms with E-state index in [1.165, 1.54) is 11.1 Å². The summed E-state index contributed by atoms with van der Waals surface area (Å²) < 4.78 is 0. The lowest BCUT2D eigenvalue weighted by Crippen LogP contribution is -2.00. The number of hydrogen-bond donors (Lipinski definition) is 2. The number of nitrogens with zero attached hydrogens (tertiary/aromatic N) is 1. The molecule has 0 atom stereocenters. The molecule has 4 nitrogen and oxygen atoms in total. The van der Waals surface area contributed by atoms with Gasteiger partial charge in [0, 0.05) is 17.7 Å². The number of imidazole rings is 1. The fraction of sp³-hybridized carbons (Fsp3) is 0.375. The quantitative estimate of drug-likeness (QED) is 0.897. The largest absolute Gasteiger partial charge is 0.481 e. The van der Waals surface area contributed by atoms with E-state index in [0.29, 0.717) is 6.42 Å². The molecule has 0 fully saturated rings. The number of benzene rings is 1. The number of hydrogen-bond acceptors (Lipinski definition) is 2. The summed E-state index contributed by atoms with van der Waals surface area (Å²) in [5.41, 5.74) is 6.50. The highest BCUT2D eigenvalue weighted by Crippen LogP contribution is 2.28. The number of rotatable bonds is 4. The van der Waals surface area contributed by atoms with E-state index in [2.05, 4.69) is 42.9 Å². The zero-order valence-electron chi connectivity index (χ0n) is 12.4. The van der Waals surface area contributed by atoms with E-state index in [-0.39, 0.29) is 6.42 Å². The fourth-order valence-corrected chi connectivity index (χ4v) is 2.39. The minimum Gasteiger partial charge on any atom is -0.481 e. The van der Waals surface area contributed by atoms with Gasteiger partial charge in [0.15, 0.2) is 0 Å². The summed E-state index contributed by atoms with van der Waals surface area (Å²) in [5.74, 6) is 0.0260. The van der Waals surface area contributed by atoms with Gasteiger partial charge in [0.2, 0.25) is 0 Å². The van der Waals surface area contributed by atoms with Gasteiger partial charge >= 0.3 is 5.97 Å². The molecule has 0 saturated carbocycles. The summed E-state index contributed by atoms with van der Waals surface area (Å²) in [6.07, 6.45) is 0.580. The van der Waals surface area contributed by atoms with Crippen LogP contribution in [0.25, 0.3) is 11.3 Å². The Balaban J connectivity index is 2.47. The second-order valence-electron chi connectivity index (χ2n) is 5.29. The molecule has 1 heterocycles. The highest BCUT2D eigenvalue weighted by molar-refractivity contribution is 5.70. The molecule has 1 aromatic heterocycles. The van der Waals surface area contributed by atoms with Crippen LogP contribution < -0.4 is 0 Å². The van der Waals surface area contributed by atoms with Crippen LogP contribution in [0.2, 0.25) is 0 Å². The molecular weight excluding hydrogens is 252 g/mol. The first kappa shape index (κ1) is 14.3. The van der Waals surface area contributed by atoms with E-state index in [0.717, 1.165) is 28.3 Å². The highest BCUT2D eigenvalue weighted by Gasteiger charge is 2.14. The third kappa shape index (κ3) is 2.90. The molecule has 2 aromatic rings. The first-order chi connectivity index (χ1) is 9.38. The summed E-state index contributed by atoms with van der Waals surface area (Å²) in [5, 5.41) is 8.84. The molecule has 0 saturated heterocycles. The van der Waals surface area contributed by atoms with E-state index >= 15 is 0 Å². The van der Waals surface area contributed by atoms with Crippen molar-refractivity contribution in [3.63, 3.8) is 0 Å². The predicted octanol–water partition coefficient (Wildman–Crippen LogP) is 3.33. The minimum atomic E-state index is -0.792. The van der Waals surface area contributed by atoms with Crippen LogP contribution >= 0.6 is 0 Å². The zero-order chi connectivity index (χ0) is 14.9. The molecule has 4 heteroatoms. The van der Waals surface area contributed by atoms with Gasteiger partial charge in [-0.25, -0.2) is 4.98 Å². The average Bonchev–Trinajstić information content (AvgIpc) is 2.72. The Kier molecular flexibility index (Phi) is 3.93. The zero-order valence-corrected chi connectivity index (χ0v) is 12.4. The second kappa shape index (κ2) is 5.49. The van der Waals surface area contributed by atoms with E-state index in [9.17, 15) is 4.79 Å². The molecular formula is C16H20N2O2. The molecule has 0 spiro atoms. The van der Waals surface area contributed by atoms with Gasteiger partial charge in [-0.15, -0.1) is 0 Å². The highest BCUT2D eigenvalue weighted by atomic mass is 16.4. The molecule has 0 amide bonds. The van der Waals surface area contributed by atoms with E-state index < -0.39 is 5.97 Å². The maximum absolute atomic E-state index is 10.8. The molecule has 0 radical (unpaired) electrons. The van der Waals surface area contributed by atoms with Crippen molar-refractivity contribution in [2.24, 2.45) is 0 Å². The third-order valence-corrected chi connectivity index (χ3v) is 3.58. The van der Waals surface area contributed by atoms with Crippen molar-refractivity contribution in [2.45, 2.75) is 40.5 Å². The van der Waals surface area contributed by atoms with Crippen molar-refractivity contribution < 1.29 is 9.90 Å². The molecule has 0 unspecified atom stereocenters. The Bertz CT molecular complexity index is 657. The molecule has 106 valence electrons. The molecule has 0 aliphatic carbocycles. The van der Waals surface area contributed by atoms with Gasteiger partial charge in [-0.1, -0.05) is 6.07 Å². The summed E-state index contributed by atoms with van der Waals surface area (Å²) in [7, 11) is 0. The van der Waals surface area contributed by atoms with Crippen molar-refractivity contribution in [1.29, 1.82) is 0 Å². The maximum Gasteiger partial charge on any atom is 0.303 e. The van der Waals surface area contributed by atoms with Crippen LogP contribution in [0.1, 0.15) is 34.6 Å². The van der Waals surface area contributed by atoms with Gasteiger partial charge in [-0.3, -0.25) is 4.79 Å². The Morgan fingerprint density at radius 3 is 2.45 bits per heavy atom. The van der Waals surface area contributed by atoms with Crippen molar-refractivity contribution in [3.8, 4) is 11.3 Å². The SMILES string of the molecule is Cc1nc(-c2cc(C)c(C)cc2C)c(CCC(=O)O)[nH]1. The van der Waals surface area contributed by atoms with E-state index in [1.807, 2.05) is 6.92 Å². The summed E-state index contributed by atoms with van der Waals surface area (Å²) in [4.78, 5) is 18.5. The smallest absolute Gasteiger partial charge is 0.303 e. The van der Waals surface area contributed by atoms with Gasteiger partial charge in [0.05, 0.1) is 12.1 Å². The number of carbonyl (C=O) groups is 1. The summed E-state index contributed by atoms with van der Waals surface area (Å²) in [6, 6.07) is 4.28. The molecule has 0 bridgehead atoms. The Labute approximate surface area is 118 Å². The maximum atomic E-state index is 10.8. The van der Waals surface area contributed by atoms with Gasteiger partial charge in [0.1, 0.15) is 5.82 Å². The third-order valence-electron chi connectivity index (χ3n) is 3.58. The van der Waals surface area contributed by atoms with Crippen LogP contribution in [0, 0.1) is 27.7 Å². The van der Waals surface area contributed by atoms with Crippen LogP contribution in [0.3, 0.4) is 0 Å². The van der Waals surface area contributed by atoms with Crippen molar-refractivity contribution in [3.05, 3.63) is 40.3 Å². The molecule has 2 N–H and O–H groups in total. The number of carboxylic acid groups (broad SMARTS) is 1. The Hall–Kier alpha value is -2.10. The summed E-state index contributed by atoms with van der Waals surface area (Å²) >= 11 is 0. The lowest BCUT2D eigenvalue weighted by Gasteiger charge is -2.09. The number of aryl methyl sites for hydroxylation is 5. The van der Waals surface area contributed by atoms with Gasteiger partial charge < -0.3 is 10.1 Å². The van der Waals surface area contributed by atoms with Crippen LogP contribution in [-0.2, 0) is 11.2 Å². The topological polar surface area (TPSA) is 66.0 Å². The number of aromatic nitrogens is 2. The van der Waals surface area contributed by atoms with Gasteiger partial charge in [-0.2, -0.15) is 0 Å². The monoisotopic (exact) mass is 272 g/mol. The standard InChI is InChI=1S/C16H20N2O2/c1-9-7-11(3)13(8-10(9)2)16-14(5-6-15(19)20)17-12(4)18-16/h7-8H,5-6H2,1-4H3,(H,17,18)(H,19,20). The van der Waals surface area contributed by atoms with Crippen LogP contribution in [0.15, 0.2) is 12.1 Å². The molecule has 0 aliphatic heterocycles. The molecule has 1 aromatic carbocycles. The first-order valence-electron chi connectivity index (χ1n) is 6.74. The van der Waals surface area contributed by atoms with Crippen molar-refractivity contribution >= 4 is 5.97 Å². The minimum absolute atomic E-state index is 0.110. The van der Waals surface area contributed by atoms with E-state index in [4.69, 9.17) is 5.11 Å². The summed E-state index contributed by atoms with van der Waals surface area (Å²) in [6.45, 7) is 8.12. The second-order valence-corrected chi connectivity index (χ2v) is 5.29. The fourth-order valence-electron chi connectivity index (χ4n) is 2.39. The van der Waals surface area contributed by atoms with Crippen molar-refractivity contribution in [2.75, 3.05) is 0 Å². The predicted molar refractivity (Wildman–Crippen MR) is 78.9 cm³/mol. The molecule has 2 rings (SSSR count). The number of aliphatic carboxylic acids is 1. The normalized spacial score (nSPS) is 10.8. The van der Waals surface area contributed by atoms with Crippen LogP contribution in [0.4, 0.5) is 0 Å². The van der Waals surface area contributed by atoms with Crippen LogP contribution in [-0.4, -0.2) is 21.0 Å². The number of H-pyrrole nitrogens is 1. The first-order valence-corrected chi connectivity index (χ1v) is 6.74. The molecule has 20 heavy (non-hydrogen) atoms. The van der Waals surface area contributed by atoms with Crippen molar-refractivity contribution in [1.82, 2.24) is 9.97 Å². The van der Waals surface area contributed by atoms with E-state index in [1.54, 1.807) is 0 Å². The number of carboxylic acids is 1. The lowest BCUT2D eigenvalue weighted by atomic mass is 9.97. The Morgan fingerprint density at radius 2 is 1.80 bits per heavy atom.